The van der Waals surface area contributed by atoms with E-state index in [4.69, 9.17) is 0 Å². The van der Waals surface area contributed by atoms with Crippen LogP contribution in [0, 0.1) is 5.92 Å². The van der Waals surface area contributed by atoms with Crippen molar-refractivity contribution in [3.8, 4) is 0 Å². The molecule has 2 unspecified atom stereocenters. The monoisotopic (exact) mass is 254 g/mol. The van der Waals surface area contributed by atoms with E-state index >= 15 is 0 Å². The number of likely N-dealkylation sites (N-methyl/N-ethyl adjacent to an activating group) is 1. The van der Waals surface area contributed by atoms with Crippen LogP contribution < -0.4 is 5.32 Å². The van der Waals surface area contributed by atoms with Gasteiger partial charge in [0.25, 0.3) is 0 Å². The molecular weight excluding hydrogens is 220 g/mol. The molecule has 0 spiro atoms. The first-order chi connectivity index (χ1) is 8.56. The number of hydrogen-bond donors (Lipinski definition) is 1. The summed E-state index contributed by atoms with van der Waals surface area (Å²) in [5, 5.41) is 3.60. The summed E-state index contributed by atoms with van der Waals surface area (Å²) in [5.74, 6) is 0.815. The second-order valence-electron chi connectivity index (χ2n) is 6.45. The lowest BCUT2D eigenvalue weighted by atomic mass is 10.0. The zero-order valence-electron chi connectivity index (χ0n) is 13.2. The van der Waals surface area contributed by atoms with Crippen molar-refractivity contribution in [2.45, 2.75) is 84.8 Å². The zero-order valence-corrected chi connectivity index (χ0v) is 13.2. The highest BCUT2D eigenvalue weighted by molar-refractivity contribution is 4.85. The van der Waals surface area contributed by atoms with E-state index in [1.165, 1.54) is 38.6 Å². The van der Waals surface area contributed by atoms with Crippen molar-refractivity contribution >= 4 is 0 Å². The van der Waals surface area contributed by atoms with Gasteiger partial charge in [-0.2, -0.15) is 0 Å². The molecule has 18 heavy (non-hydrogen) atoms. The summed E-state index contributed by atoms with van der Waals surface area (Å²) in [7, 11) is 0. The van der Waals surface area contributed by atoms with Crippen LogP contribution in [0.1, 0.15) is 66.7 Å². The van der Waals surface area contributed by atoms with Crippen LogP contribution >= 0.6 is 0 Å². The van der Waals surface area contributed by atoms with Crippen molar-refractivity contribution in [1.82, 2.24) is 10.2 Å². The Hall–Kier alpha value is -0.0800. The second-order valence-corrected chi connectivity index (χ2v) is 6.45. The molecule has 108 valence electrons. The Bertz CT molecular complexity index is 209. The Morgan fingerprint density at radius 3 is 2.22 bits per heavy atom. The van der Waals surface area contributed by atoms with Crippen molar-refractivity contribution in [3.05, 3.63) is 0 Å². The number of nitrogens with zero attached hydrogens (tertiary/aromatic N) is 1. The van der Waals surface area contributed by atoms with Gasteiger partial charge < -0.3 is 5.32 Å². The smallest absolute Gasteiger partial charge is 0.0221 e. The average molecular weight is 254 g/mol. The quantitative estimate of drug-likeness (QED) is 0.711. The summed E-state index contributed by atoms with van der Waals surface area (Å²) in [5.41, 5.74) is 0. The number of nitrogens with one attached hydrogen (secondary N) is 1. The second kappa shape index (κ2) is 8.16. The van der Waals surface area contributed by atoms with Crippen molar-refractivity contribution in [3.63, 3.8) is 0 Å². The molecule has 0 aromatic heterocycles. The first-order valence-electron chi connectivity index (χ1n) is 8.05. The fourth-order valence-electron chi connectivity index (χ4n) is 3.14. The predicted molar refractivity (Wildman–Crippen MR) is 81.0 cm³/mol. The molecule has 0 radical (unpaired) electrons. The van der Waals surface area contributed by atoms with Crippen molar-refractivity contribution < 1.29 is 0 Å². The van der Waals surface area contributed by atoms with E-state index in [2.05, 4.69) is 44.8 Å². The first kappa shape index (κ1) is 16.0. The van der Waals surface area contributed by atoms with Gasteiger partial charge in [-0.1, -0.05) is 33.6 Å². The fourth-order valence-corrected chi connectivity index (χ4v) is 3.14. The maximum atomic E-state index is 3.60. The van der Waals surface area contributed by atoms with Gasteiger partial charge in [-0.3, -0.25) is 4.90 Å². The van der Waals surface area contributed by atoms with E-state index in [1.54, 1.807) is 0 Å². The third-order valence-corrected chi connectivity index (χ3v) is 4.53. The van der Waals surface area contributed by atoms with Gasteiger partial charge in [-0.15, -0.1) is 0 Å². The van der Waals surface area contributed by atoms with Crippen LogP contribution in [-0.2, 0) is 0 Å². The molecule has 0 aliphatic heterocycles. The van der Waals surface area contributed by atoms with Gasteiger partial charge in [0.1, 0.15) is 0 Å². The fraction of sp³-hybridized carbons (Fsp3) is 1.00. The summed E-state index contributed by atoms with van der Waals surface area (Å²) in [6.07, 6.45) is 7.04. The molecule has 0 bridgehead atoms. The Morgan fingerprint density at radius 1 is 1.11 bits per heavy atom. The van der Waals surface area contributed by atoms with Gasteiger partial charge in [-0.25, -0.2) is 0 Å². The minimum atomic E-state index is 0.600. The minimum absolute atomic E-state index is 0.600. The van der Waals surface area contributed by atoms with Crippen LogP contribution in [-0.4, -0.2) is 36.1 Å². The summed E-state index contributed by atoms with van der Waals surface area (Å²) < 4.78 is 0. The van der Waals surface area contributed by atoms with Crippen LogP contribution in [0.25, 0.3) is 0 Å². The average Bonchev–Trinajstić information content (AvgIpc) is 2.82. The highest BCUT2D eigenvalue weighted by Gasteiger charge is 2.28. The predicted octanol–water partition coefficient (Wildman–Crippen LogP) is 3.66. The zero-order chi connectivity index (χ0) is 13.5. The Labute approximate surface area is 115 Å². The SMILES string of the molecule is CCNC(C)C(C)N(CCC(C)C)C1CCCC1. The van der Waals surface area contributed by atoms with Gasteiger partial charge in [0, 0.05) is 18.1 Å². The molecule has 1 fully saturated rings. The molecule has 0 aromatic carbocycles. The van der Waals surface area contributed by atoms with Crippen LogP contribution in [0.15, 0.2) is 0 Å². The molecule has 1 rings (SSSR count). The van der Waals surface area contributed by atoms with Crippen molar-refractivity contribution in [2.24, 2.45) is 5.92 Å². The van der Waals surface area contributed by atoms with E-state index < -0.39 is 0 Å². The van der Waals surface area contributed by atoms with Gasteiger partial charge in [0.15, 0.2) is 0 Å². The van der Waals surface area contributed by atoms with Gasteiger partial charge in [-0.05, 0) is 52.1 Å². The minimum Gasteiger partial charge on any atom is -0.313 e. The Kier molecular flexibility index (Phi) is 7.25. The third-order valence-electron chi connectivity index (χ3n) is 4.53. The van der Waals surface area contributed by atoms with E-state index in [1.807, 2.05) is 0 Å². The molecule has 2 atom stereocenters. The lowest BCUT2D eigenvalue weighted by molar-refractivity contribution is 0.114. The molecule has 2 heteroatoms. The van der Waals surface area contributed by atoms with Crippen LogP contribution in [0.3, 0.4) is 0 Å². The molecule has 1 aliphatic rings. The summed E-state index contributed by atoms with van der Waals surface area (Å²) in [6, 6.07) is 2.11. The lowest BCUT2D eigenvalue weighted by Gasteiger charge is -2.38. The van der Waals surface area contributed by atoms with E-state index in [9.17, 15) is 0 Å². The largest absolute Gasteiger partial charge is 0.313 e. The van der Waals surface area contributed by atoms with Crippen LogP contribution in [0.4, 0.5) is 0 Å². The van der Waals surface area contributed by atoms with Gasteiger partial charge >= 0.3 is 0 Å². The standard InChI is InChI=1S/C16H34N2/c1-6-17-14(4)15(5)18(12-11-13(2)3)16-9-7-8-10-16/h13-17H,6-12H2,1-5H3. The number of hydrogen-bond acceptors (Lipinski definition) is 2. The van der Waals surface area contributed by atoms with Gasteiger partial charge in [0.2, 0.25) is 0 Å². The van der Waals surface area contributed by atoms with Gasteiger partial charge in [0.05, 0.1) is 0 Å². The van der Waals surface area contributed by atoms with E-state index in [-0.39, 0.29) is 0 Å². The molecule has 1 saturated carbocycles. The maximum Gasteiger partial charge on any atom is 0.0221 e. The van der Waals surface area contributed by atoms with E-state index in [0.29, 0.717) is 12.1 Å². The molecule has 1 aliphatic carbocycles. The Morgan fingerprint density at radius 2 is 1.72 bits per heavy atom. The first-order valence-corrected chi connectivity index (χ1v) is 8.05. The summed E-state index contributed by atoms with van der Waals surface area (Å²) in [6.45, 7) is 14.0. The highest BCUT2D eigenvalue weighted by Crippen LogP contribution is 2.26. The third kappa shape index (κ3) is 4.89. The molecule has 0 amide bonds. The normalized spacial score (nSPS) is 20.8. The molecule has 1 N–H and O–H groups in total. The highest BCUT2D eigenvalue weighted by atomic mass is 15.2. The topological polar surface area (TPSA) is 15.3 Å². The lowest BCUT2D eigenvalue weighted by Crippen LogP contribution is -2.51. The summed E-state index contributed by atoms with van der Waals surface area (Å²) in [4.78, 5) is 2.79. The molecule has 0 aromatic rings. The van der Waals surface area contributed by atoms with Crippen LogP contribution in [0.5, 0.6) is 0 Å². The number of rotatable bonds is 8. The Balaban J connectivity index is 2.56. The van der Waals surface area contributed by atoms with E-state index in [0.717, 1.165) is 18.5 Å². The summed E-state index contributed by atoms with van der Waals surface area (Å²) >= 11 is 0. The van der Waals surface area contributed by atoms with Crippen molar-refractivity contribution in [2.75, 3.05) is 13.1 Å². The molecular formula is C16H34N2. The van der Waals surface area contributed by atoms with Crippen molar-refractivity contribution in [1.29, 1.82) is 0 Å². The molecule has 0 heterocycles. The molecule has 2 nitrogen and oxygen atoms in total. The van der Waals surface area contributed by atoms with Crippen LogP contribution in [0.2, 0.25) is 0 Å². The molecule has 0 saturated heterocycles. The maximum absolute atomic E-state index is 3.60.